The number of ketones is 1. The number of benzene rings is 2. The van der Waals surface area contributed by atoms with Crippen molar-refractivity contribution in [2.75, 3.05) is 7.11 Å². The second-order valence-electron chi connectivity index (χ2n) is 5.36. The summed E-state index contributed by atoms with van der Waals surface area (Å²) in [5, 5.41) is 8.11. The van der Waals surface area contributed by atoms with E-state index in [1.165, 1.54) is 0 Å². The molecule has 0 atom stereocenters. The van der Waals surface area contributed by atoms with Crippen LogP contribution in [0.3, 0.4) is 0 Å². The molecule has 0 saturated heterocycles. The van der Waals surface area contributed by atoms with Gasteiger partial charge in [-0.25, -0.2) is 0 Å². The second kappa shape index (κ2) is 6.81. The van der Waals surface area contributed by atoms with Crippen molar-refractivity contribution in [3.05, 3.63) is 76.4 Å². The van der Waals surface area contributed by atoms with E-state index in [4.69, 9.17) is 16.3 Å². The molecular formula is C19H15ClN2O2. The zero-order valence-corrected chi connectivity index (χ0v) is 14.0. The number of rotatable bonds is 4. The first-order valence-electron chi connectivity index (χ1n) is 7.37. The van der Waals surface area contributed by atoms with Crippen LogP contribution in [-0.2, 0) is 0 Å². The molecule has 0 aliphatic heterocycles. The number of methoxy groups -OCH3 is 1. The summed E-state index contributed by atoms with van der Waals surface area (Å²) in [5.74, 6) is 0.483. The van der Waals surface area contributed by atoms with E-state index in [1.54, 1.807) is 37.4 Å². The Kier molecular flexibility index (Phi) is 4.58. The van der Waals surface area contributed by atoms with Crippen LogP contribution in [0.2, 0.25) is 5.15 Å². The van der Waals surface area contributed by atoms with Crippen LogP contribution in [0.4, 0.5) is 0 Å². The third-order valence-electron chi connectivity index (χ3n) is 3.69. The Labute approximate surface area is 145 Å². The number of aromatic nitrogens is 2. The van der Waals surface area contributed by atoms with Gasteiger partial charge in [0.15, 0.2) is 10.9 Å². The number of nitrogens with zero attached hydrogens (tertiary/aromatic N) is 2. The normalized spacial score (nSPS) is 10.5. The topological polar surface area (TPSA) is 52.1 Å². The van der Waals surface area contributed by atoms with E-state index in [9.17, 15) is 4.79 Å². The van der Waals surface area contributed by atoms with Crippen molar-refractivity contribution in [2.45, 2.75) is 6.92 Å². The van der Waals surface area contributed by atoms with E-state index in [2.05, 4.69) is 10.2 Å². The van der Waals surface area contributed by atoms with Gasteiger partial charge in [-0.2, -0.15) is 0 Å². The number of aryl methyl sites for hydroxylation is 1. The van der Waals surface area contributed by atoms with Crippen LogP contribution in [-0.4, -0.2) is 23.1 Å². The lowest BCUT2D eigenvalue weighted by Crippen LogP contribution is -2.05. The van der Waals surface area contributed by atoms with Crippen molar-refractivity contribution in [2.24, 2.45) is 0 Å². The molecular weight excluding hydrogens is 324 g/mol. The van der Waals surface area contributed by atoms with Gasteiger partial charge in [0.05, 0.1) is 18.4 Å². The summed E-state index contributed by atoms with van der Waals surface area (Å²) >= 11 is 6.09. The highest BCUT2D eigenvalue weighted by molar-refractivity contribution is 6.33. The lowest BCUT2D eigenvalue weighted by atomic mass is 10.0. The number of carbonyl (C=O) groups is 1. The largest absolute Gasteiger partial charge is 0.497 e. The first-order valence-corrected chi connectivity index (χ1v) is 7.75. The summed E-state index contributed by atoms with van der Waals surface area (Å²) in [6.45, 7) is 2.01. The van der Waals surface area contributed by atoms with Gasteiger partial charge in [-0.05, 0) is 37.3 Å². The summed E-state index contributed by atoms with van der Waals surface area (Å²) in [6.07, 6.45) is 0. The van der Waals surface area contributed by atoms with E-state index in [0.29, 0.717) is 22.6 Å². The zero-order chi connectivity index (χ0) is 17.1. The minimum atomic E-state index is -0.203. The Morgan fingerprint density at radius 2 is 1.67 bits per heavy atom. The summed E-state index contributed by atoms with van der Waals surface area (Å²) in [7, 11) is 1.58. The predicted molar refractivity (Wildman–Crippen MR) is 93.6 cm³/mol. The van der Waals surface area contributed by atoms with E-state index >= 15 is 0 Å². The quantitative estimate of drug-likeness (QED) is 0.664. The minimum absolute atomic E-state index is 0.0895. The molecule has 0 unspecified atom stereocenters. The first kappa shape index (κ1) is 16.1. The van der Waals surface area contributed by atoms with Gasteiger partial charge in [0.1, 0.15) is 5.75 Å². The van der Waals surface area contributed by atoms with Gasteiger partial charge in [0.2, 0.25) is 0 Å². The van der Waals surface area contributed by atoms with Crippen LogP contribution in [0.5, 0.6) is 5.75 Å². The van der Waals surface area contributed by atoms with Gasteiger partial charge < -0.3 is 4.74 Å². The molecule has 0 spiro atoms. The summed E-state index contributed by atoms with van der Waals surface area (Å²) in [5.41, 5.74) is 3.48. The van der Waals surface area contributed by atoms with Gasteiger partial charge in [-0.3, -0.25) is 4.79 Å². The molecule has 5 heteroatoms. The van der Waals surface area contributed by atoms with Crippen molar-refractivity contribution in [3.8, 4) is 17.0 Å². The van der Waals surface area contributed by atoms with E-state index < -0.39 is 0 Å². The Morgan fingerprint density at radius 3 is 2.29 bits per heavy atom. The Morgan fingerprint density at radius 1 is 1.00 bits per heavy atom. The average molecular weight is 339 g/mol. The molecule has 0 aliphatic carbocycles. The number of carbonyl (C=O) groups excluding carboxylic acids is 1. The minimum Gasteiger partial charge on any atom is -0.497 e. The molecule has 1 heterocycles. The predicted octanol–water partition coefficient (Wildman–Crippen LogP) is 4.35. The molecule has 0 radical (unpaired) electrons. The Balaban J connectivity index is 1.98. The molecule has 0 amide bonds. The Hall–Kier alpha value is -2.72. The highest BCUT2D eigenvalue weighted by Gasteiger charge is 2.16. The second-order valence-corrected chi connectivity index (χ2v) is 5.72. The molecule has 0 saturated carbocycles. The molecule has 0 aliphatic rings. The van der Waals surface area contributed by atoms with E-state index in [1.807, 2.05) is 31.2 Å². The van der Waals surface area contributed by atoms with Crippen LogP contribution >= 0.6 is 11.6 Å². The number of ether oxygens (including phenoxy) is 1. The molecule has 0 bridgehead atoms. The molecule has 24 heavy (non-hydrogen) atoms. The maximum absolute atomic E-state index is 12.7. The fraction of sp³-hybridized carbons (Fsp3) is 0.105. The van der Waals surface area contributed by atoms with Crippen LogP contribution < -0.4 is 4.74 Å². The van der Waals surface area contributed by atoms with Gasteiger partial charge >= 0.3 is 0 Å². The van der Waals surface area contributed by atoms with Crippen molar-refractivity contribution < 1.29 is 9.53 Å². The highest BCUT2D eigenvalue weighted by Crippen LogP contribution is 2.24. The van der Waals surface area contributed by atoms with Gasteiger partial charge in [0.25, 0.3) is 0 Å². The fourth-order valence-electron chi connectivity index (χ4n) is 2.30. The zero-order valence-electron chi connectivity index (χ0n) is 13.3. The monoisotopic (exact) mass is 338 g/mol. The van der Waals surface area contributed by atoms with E-state index in [0.717, 1.165) is 11.1 Å². The number of hydrogen-bond acceptors (Lipinski definition) is 4. The fourth-order valence-corrected chi connectivity index (χ4v) is 2.48. The molecule has 4 nitrogen and oxygen atoms in total. The molecule has 0 N–H and O–H groups in total. The van der Waals surface area contributed by atoms with Crippen LogP contribution in [0, 0.1) is 6.92 Å². The maximum atomic E-state index is 12.7. The molecule has 1 aromatic heterocycles. The lowest BCUT2D eigenvalue weighted by Gasteiger charge is -2.07. The number of halogens is 1. The third kappa shape index (κ3) is 3.29. The molecule has 2 aromatic carbocycles. The van der Waals surface area contributed by atoms with Gasteiger partial charge in [-0.1, -0.05) is 41.4 Å². The summed E-state index contributed by atoms with van der Waals surface area (Å²) < 4.78 is 5.11. The van der Waals surface area contributed by atoms with Gasteiger partial charge in [0, 0.05) is 11.1 Å². The smallest absolute Gasteiger partial charge is 0.196 e. The molecule has 3 rings (SSSR count). The van der Waals surface area contributed by atoms with Crippen molar-refractivity contribution in [1.29, 1.82) is 0 Å². The van der Waals surface area contributed by atoms with Crippen LogP contribution in [0.25, 0.3) is 11.3 Å². The summed E-state index contributed by atoms with van der Waals surface area (Å²) in [4.78, 5) is 12.7. The van der Waals surface area contributed by atoms with Crippen molar-refractivity contribution in [3.63, 3.8) is 0 Å². The third-order valence-corrected chi connectivity index (χ3v) is 3.97. The standard InChI is InChI=1S/C19H15ClN2O2/c1-12-3-5-13(6-4-12)17-11-16(19(20)22-21-17)18(23)14-7-9-15(24-2)10-8-14/h3-11H,1-2H3. The van der Waals surface area contributed by atoms with Gasteiger partial charge in [-0.15, -0.1) is 10.2 Å². The molecule has 120 valence electrons. The lowest BCUT2D eigenvalue weighted by molar-refractivity contribution is 0.103. The Bertz CT molecular complexity index is 875. The molecule has 3 aromatic rings. The van der Waals surface area contributed by atoms with Crippen LogP contribution in [0.1, 0.15) is 21.5 Å². The van der Waals surface area contributed by atoms with Crippen molar-refractivity contribution in [1.82, 2.24) is 10.2 Å². The average Bonchev–Trinajstić information content (AvgIpc) is 2.62. The van der Waals surface area contributed by atoms with Crippen LogP contribution in [0.15, 0.2) is 54.6 Å². The highest BCUT2D eigenvalue weighted by atomic mass is 35.5. The molecule has 0 fully saturated rings. The van der Waals surface area contributed by atoms with Crippen molar-refractivity contribution >= 4 is 17.4 Å². The first-order chi connectivity index (χ1) is 11.6. The number of hydrogen-bond donors (Lipinski definition) is 0. The SMILES string of the molecule is COc1ccc(C(=O)c2cc(-c3ccc(C)cc3)nnc2Cl)cc1. The maximum Gasteiger partial charge on any atom is 0.196 e. The summed E-state index contributed by atoms with van der Waals surface area (Å²) in [6, 6.07) is 16.4. The van der Waals surface area contributed by atoms with E-state index in [-0.39, 0.29) is 10.9 Å².